The fraction of sp³-hybridized carbons (Fsp3) is 0.750. The van der Waals surface area contributed by atoms with E-state index in [1.165, 1.54) is 0 Å². The predicted molar refractivity (Wildman–Crippen MR) is 49.1 cm³/mol. The molecule has 1 atom stereocenters. The van der Waals surface area contributed by atoms with Gasteiger partial charge in [-0.05, 0) is 34.0 Å². The largest absolute Gasteiger partial charge is 0.309 e. The molecule has 0 amide bonds. The summed E-state index contributed by atoms with van der Waals surface area (Å²) in [5, 5.41) is 0. The van der Waals surface area contributed by atoms with Gasteiger partial charge in [0.2, 0.25) is 0 Å². The van der Waals surface area contributed by atoms with E-state index in [9.17, 15) is 0 Å². The van der Waals surface area contributed by atoms with Crippen LogP contribution in [-0.4, -0.2) is 31.6 Å². The Morgan fingerprint density at radius 2 is 2.18 bits per heavy atom. The van der Waals surface area contributed by atoms with E-state index < -0.39 is 0 Å². The van der Waals surface area contributed by atoms with Crippen LogP contribution in [0.2, 0.25) is 0 Å². The van der Waals surface area contributed by atoms with Crippen molar-refractivity contribution in [2.24, 2.45) is 5.84 Å². The second-order valence-corrected chi connectivity index (χ2v) is 3.16. The van der Waals surface area contributed by atoms with Gasteiger partial charge in [0, 0.05) is 6.04 Å². The quantitative estimate of drug-likeness (QED) is 0.344. The molecule has 0 aromatic heterocycles. The Kier molecular flexibility index (Phi) is 5.11. The molecule has 0 aromatic rings. The second-order valence-electron chi connectivity index (χ2n) is 3.16. The van der Waals surface area contributed by atoms with Crippen molar-refractivity contribution in [3.05, 3.63) is 12.2 Å². The lowest BCUT2D eigenvalue weighted by Gasteiger charge is -2.18. The molecule has 3 N–H and O–H groups in total. The monoisotopic (exact) mass is 157 g/mol. The maximum absolute atomic E-state index is 5.33. The number of nitrogens with zero attached hydrogens (tertiary/aromatic N) is 1. The minimum absolute atomic E-state index is 0.248. The summed E-state index contributed by atoms with van der Waals surface area (Å²) in [5.74, 6) is 5.33. The van der Waals surface area contributed by atoms with Gasteiger partial charge in [-0.1, -0.05) is 12.2 Å². The van der Waals surface area contributed by atoms with Crippen molar-refractivity contribution >= 4 is 0 Å². The van der Waals surface area contributed by atoms with E-state index >= 15 is 0 Å². The molecule has 0 saturated heterocycles. The minimum atomic E-state index is 0.248. The zero-order valence-electron chi connectivity index (χ0n) is 7.72. The molecular weight excluding hydrogens is 138 g/mol. The van der Waals surface area contributed by atoms with Gasteiger partial charge < -0.3 is 4.90 Å². The first kappa shape index (κ1) is 10.6. The highest BCUT2D eigenvalue weighted by molar-refractivity contribution is 5.00. The molecule has 66 valence electrons. The third kappa shape index (κ3) is 4.95. The summed E-state index contributed by atoms with van der Waals surface area (Å²) in [5.41, 5.74) is 3.82. The normalized spacial score (nSPS) is 13.5. The summed E-state index contributed by atoms with van der Waals surface area (Å²) in [6, 6.07) is 0.248. The average Bonchev–Trinajstić information content (AvgIpc) is 1.87. The van der Waals surface area contributed by atoms with E-state index in [0.717, 1.165) is 18.5 Å². The zero-order valence-corrected chi connectivity index (χ0v) is 7.72. The van der Waals surface area contributed by atoms with Gasteiger partial charge in [-0.15, -0.1) is 0 Å². The van der Waals surface area contributed by atoms with Crippen molar-refractivity contribution in [3.63, 3.8) is 0 Å². The van der Waals surface area contributed by atoms with Crippen LogP contribution in [0.5, 0.6) is 0 Å². The smallest absolute Gasteiger partial charge is 0.0426 e. The lowest BCUT2D eigenvalue weighted by Crippen LogP contribution is -2.37. The van der Waals surface area contributed by atoms with Crippen LogP contribution in [-0.2, 0) is 0 Å². The Morgan fingerprint density at radius 1 is 1.64 bits per heavy atom. The van der Waals surface area contributed by atoms with E-state index in [2.05, 4.69) is 16.9 Å². The van der Waals surface area contributed by atoms with Crippen LogP contribution in [0.25, 0.3) is 0 Å². The Morgan fingerprint density at radius 3 is 2.45 bits per heavy atom. The molecule has 0 aliphatic rings. The molecule has 0 aromatic carbocycles. The fourth-order valence-electron chi connectivity index (χ4n) is 0.859. The SMILES string of the molecule is C=C(C)C(CCN(C)C)NN. The molecule has 0 spiro atoms. The molecule has 0 rings (SSSR count). The van der Waals surface area contributed by atoms with Crippen molar-refractivity contribution in [3.8, 4) is 0 Å². The van der Waals surface area contributed by atoms with Gasteiger partial charge in [-0.25, -0.2) is 0 Å². The molecule has 3 heteroatoms. The highest BCUT2D eigenvalue weighted by atomic mass is 15.2. The van der Waals surface area contributed by atoms with Gasteiger partial charge in [-0.2, -0.15) is 0 Å². The van der Waals surface area contributed by atoms with Crippen molar-refractivity contribution in [1.82, 2.24) is 10.3 Å². The summed E-state index contributed by atoms with van der Waals surface area (Å²) in [6.07, 6.45) is 1.01. The van der Waals surface area contributed by atoms with E-state index in [1.54, 1.807) is 0 Å². The predicted octanol–water partition coefficient (Wildman–Crippen LogP) is 0.346. The van der Waals surface area contributed by atoms with Crippen LogP contribution >= 0.6 is 0 Å². The summed E-state index contributed by atoms with van der Waals surface area (Å²) < 4.78 is 0. The van der Waals surface area contributed by atoms with Crippen molar-refractivity contribution in [2.75, 3.05) is 20.6 Å². The minimum Gasteiger partial charge on any atom is -0.309 e. The zero-order chi connectivity index (χ0) is 8.85. The highest BCUT2D eigenvalue weighted by Gasteiger charge is 2.05. The third-order valence-electron chi connectivity index (χ3n) is 1.66. The van der Waals surface area contributed by atoms with Crippen LogP contribution in [0.3, 0.4) is 0 Å². The van der Waals surface area contributed by atoms with Crippen molar-refractivity contribution < 1.29 is 0 Å². The molecule has 11 heavy (non-hydrogen) atoms. The standard InChI is InChI=1S/C8H19N3/c1-7(2)8(10-9)5-6-11(3)4/h8,10H,1,5-6,9H2,2-4H3. The molecule has 0 heterocycles. The van der Waals surface area contributed by atoms with Gasteiger partial charge in [0.25, 0.3) is 0 Å². The Labute approximate surface area is 69.2 Å². The Hall–Kier alpha value is -0.380. The van der Waals surface area contributed by atoms with E-state index in [0.29, 0.717) is 0 Å². The van der Waals surface area contributed by atoms with Gasteiger partial charge in [-0.3, -0.25) is 11.3 Å². The van der Waals surface area contributed by atoms with Gasteiger partial charge in [0.05, 0.1) is 0 Å². The summed E-state index contributed by atoms with van der Waals surface area (Å²) >= 11 is 0. The Bertz CT molecular complexity index is 121. The molecule has 1 unspecified atom stereocenters. The number of hydrogen-bond acceptors (Lipinski definition) is 3. The first-order valence-corrected chi connectivity index (χ1v) is 3.84. The number of nitrogens with one attached hydrogen (secondary N) is 1. The van der Waals surface area contributed by atoms with Crippen LogP contribution in [0, 0.1) is 0 Å². The van der Waals surface area contributed by atoms with Gasteiger partial charge >= 0.3 is 0 Å². The van der Waals surface area contributed by atoms with Crippen LogP contribution < -0.4 is 11.3 Å². The average molecular weight is 157 g/mol. The number of hydrogen-bond donors (Lipinski definition) is 2. The van der Waals surface area contributed by atoms with Crippen LogP contribution in [0.4, 0.5) is 0 Å². The maximum atomic E-state index is 5.33. The topological polar surface area (TPSA) is 41.3 Å². The molecule has 0 saturated carbocycles. The lowest BCUT2D eigenvalue weighted by molar-refractivity contribution is 0.374. The van der Waals surface area contributed by atoms with Crippen LogP contribution in [0.15, 0.2) is 12.2 Å². The first-order chi connectivity index (χ1) is 5.07. The van der Waals surface area contributed by atoms with Crippen LogP contribution in [0.1, 0.15) is 13.3 Å². The molecule has 0 bridgehead atoms. The second kappa shape index (κ2) is 5.29. The molecular formula is C8H19N3. The van der Waals surface area contributed by atoms with E-state index in [1.807, 2.05) is 21.0 Å². The van der Waals surface area contributed by atoms with Gasteiger partial charge in [0.1, 0.15) is 0 Å². The number of hydrazine groups is 1. The molecule has 0 fully saturated rings. The molecule has 3 nitrogen and oxygen atoms in total. The van der Waals surface area contributed by atoms with E-state index in [-0.39, 0.29) is 6.04 Å². The fourth-order valence-corrected chi connectivity index (χ4v) is 0.859. The van der Waals surface area contributed by atoms with Crippen molar-refractivity contribution in [1.29, 1.82) is 0 Å². The Balaban J connectivity index is 3.61. The van der Waals surface area contributed by atoms with Crippen molar-refractivity contribution in [2.45, 2.75) is 19.4 Å². The molecule has 0 radical (unpaired) electrons. The maximum Gasteiger partial charge on any atom is 0.0426 e. The third-order valence-corrected chi connectivity index (χ3v) is 1.66. The number of nitrogens with two attached hydrogens (primary N) is 1. The summed E-state index contributed by atoms with van der Waals surface area (Å²) in [7, 11) is 4.10. The number of rotatable bonds is 5. The summed E-state index contributed by atoms with van der Waals surface area (Å²) in [6.45, 7) is 6.86. The summed E-state index contributed by atoms with van der Waals surface area (Å²) in [4.78, 5) is 2.13. The van der Waals surface area contributed by atoms with Gasteiger partial charge in [0.15, 0.2) is 0 Å². The first-order valence-electron chi connectivity index (χ1n) is 3.84. The molecule has 0 aliphatic carbocycles. The highest BCUT2D eigenvalue weighted by Crippen LogP contribution is 2.01. The lowest BCUT2D eigenvalue weighted by atomic mass is 10.1. The van der Waals surface area contributed by atoms with E-state index in [4.69, 9.17) is 5.84 Å². The molecule has 0 aliphatic heterocycles.